The van der Waals surface area contributed by atoms with Crippen molar-refractivity contribution in [1.29, 1.82) is 0 Å². The molecule has 0 spiro atoms. The minimum Gasteiger partial charge on any atom is -0.415 e. The molecule has 8 heteroatoms. The Morgan fingerprint density at radius 2 is 1.67 bits per heavy atom. The first kappa shape index (κ1) is 23.1. The zero-order chi connectivity index (χ0) is 23.2. The molecular formula is C25H27N5O2S. The van der Waals surface area contributed by atoms with Crippen molar-refractivity contribution < 1.29 is 9.52 Å². The van der Waals surface area contributed by atoms with Crippen LogP contribution in [0.2, 0.25) is 0 Å². The van der Waals surface area contributed by atoms with Crippen molar-refractivity contribution in [3.8, 4) is 34.3 Å². The highest BCUT2D eigenvalue weighted by molar-refractivity contribution is 7.99. The number of hydrogen-bond acceptors (Lipinski definition) is 8. The molecule has 0 atom stereocenters. The molecular weight excluding hydrogens is 434 g/mol. The van der Waals surface area contributed by atoms with Gasteiger partial charge in [0.2, 0.25) is 5.89 Å². The summed E-state index contributed by atoms with van der Waals surface area (Å²) >= 11 is 1.83. The highest BCUT2D eigenvalue weighted by Gasteiger charge is 2.16. The topological polar surface area (TPSA) is 97.0 Å². The van der Waals surface area contributed by atoms with Crippen LogP contribution in [-0.4, -0.2) is 43.7 Å². The first-order valence-corrected chi connectivity index (χ1v) is 11.8. The van der Waals surface area contributed by atoms with Gasteiger partial charge in [0.15, 0.2) is 0 Å². The van der Waals surface area contributed by atoms with E-state index in [2.05, 4.69) is 58.6 Å². The Labute approximate surface area is 197 Å². The van der Waals surface area contributed by atoms with Gasteiger partial charge in [-0.3, -0.25) is 4.98 Å². The number of aliphatic hydroxyl groups excluding tert-OH is 1. The average Bonchev–Trinajstić information content (AvgIpc) is 3.30. The molecule has 170 valence electrons. The van der Waals surface area contributed by atoms with Crippen LogP contribution in [0.25, 0.3) is 34.3 Å². The van der Waals surface area contributed by atoms with E-state index in [1.165, 1.54) is 4.90 Å². The van der Waals surface area contributed by atoms with E-state index >= 15 is 0 Å². The lowest BCUT2D eigenvalue weighted by Crippen LogP contribution is -2.17. The average molecular weight is 462 g/mol. The number of thioether (sulfide) groups is 1. The summed E-state index contributed by atoms with van der Waals surface area (Å²) in [5.41, 5.74) is 5.00. The molecule has 4 aromatic rings. The van der Waals surface area contributed by atoms with Gasteiger partial charge in [-0.25, -0.2) is 4.98 Å². The molecule has 0 unspecified atom stereocenters. The second-order valence-corrected chi connectivity index (χ2v) is 9.54. The summed E-state index contributed by atoms with van der Waals surface area (Å²) in [7, 11) is 0. The number of rotatable bonds is 9. The Kier molecular flexibility index (Phi) is 7.49. The zero-order valence-electron chi connectivity index (χ0n) is 18.9. The minimum absolute atomic E-state index is 0.120. The van der Waals surface area contributed by atoms with Gasteiger partial charge in [0.1, 0.15) is 5.69 Å². The number of nitrogens with zero attached hydrogens (tertiary/aromatic N) is 4. The summed E-state index contributed by atoms with van der Waals surface area (Å²) < 4.78 is 5.95. The van der Waals surface area contributed by atoms with E-state index in [0.29, 0.717) is 35.8 Å². The van der Waals surface area contributed by atoms with Gasteiger partial charge in [0.05, 0.1) is 24.2 Å². The largest absolute Gasteiger partial charge is 0.415 e. The fourth-order valence-electron chi connectivity index (χ4n) is 3.28. The van der Waals surface area contributed by atoms with Crippen LogP contribution in [0.4, 0.5) is 0 Å². The maximum absolute atomic E-state index is 8.87. The van der Waals surface area contributed by atoms with E-state index in [1.807, 2.05) is 43.0 Å². The summed E-state index contributed by atoms with van der Waals surface area (Å²) in [6.07, 6.45) is 1.77. The Balaban J connectivity index is 1.54. The maximum Gasteiger partial charge on any atom is 0.268 e. The third-order valence-electron chi connectivity index (χ3n) is 4.92. The van der Waals surface area contributed by atoms with Crippen LogP contribution < -0.4 is 5.32 Å². The lowest BCUT2D eigenvalue weighted by atomic mass is 10.1. The van der Waals surface area contributed by atoms with E-state index < -0.39 is 0 Å². The van der Waals surface area contributed by atoms with Crippen LogP contribution in [0, 0.1) is 6.92 Å². The summed E-state index contributed by atoms with van der Waals surface area (Å²) in [6.45, 7) is 7.62. The standard InChI is InChI=1S/C25H27N5O2S/c1-16(2)33-21-10-8-19(9-11-21)22-15-27-17(3)23(28-22)25-30-29-24(32-25)20-6-4-18(5-7-20)14-26-12-13-31/h4-11,15-16,26,31H,12-14H2,1-3H3. The van der Waals surface area contributed by atoms with Crippen LogP contribution in [0.5, 0.6) is 0 Å². The molecule has 0 saturated carbocycles. The second-order valence-electron chi connectivity index (χ2n) is 7.89. The molecule has 0 amide bonds. The first-order valence-electron chi connectivity index (χ1n) is 10.9. The second kappa shape index (κ2) is 10.7. The van der Waals surface area contributed by atoms with Gasteiger partial charge in [-0.15, -0.1) is 22.0 Å². The predicted octanol–water partition coefficient (Wildman–Crippen LogP) is 4.75. The summed E-state index contributed by atoms with van der Waals surface area (Å²) in [5, 5.41) is 21.0. The van der Waals surface area contributed by atoms with Gasteiger partial charge in [-0.1, -0.05) is 38.1 Å². The van der Waals surface area contributed by atoms with Crippen molar-refractivity contribution >= 4 is 11.8 Å². The number of aliphatic hydroxyl groups is 1. The normalized spacial score (nSPS) is 11.3. The third kappa shape index (κ3) is 5.84. The fraction of sp³-hybridized carbons (Fsp3) is 0.280. The van der Waals surface area contributed by atoms with E-state index in [9.17, 15) is 0 Å². The molecule has 7 nitrogen and oxygen atoms in total. The van der Waals surface area contributed by atoms with Gasteiger partial charge >= 0.3 is 0 Å². The van der Waals surface area contributed by atoms with Gasteiger partial charge in [-0.05, 0) is 36.8 Å². The smallest absolute Gasteiger partial charge is 0.268 e. The van der Waals surface area contributed by atoms with Crippen LogP contribution in [0.3, 0.4) is 0 Å². The Bertz CT molecular complexity index is 1190. The van der Waals surface area contributed by atoms with Crippen LogP contribution in [0.1, 0.15) is 25.1 Å². The molecule has 2 N–H and O–H groups in total. The number of nitrogens with one attached hydrogen (secondary N) is 1. The monoisotopic (exact) mass is 461 g/mol. The van der Waals surface area contributed by atoms with E-state index in [4.69, 9.17) is 14.5 Å². The van der Waals surface area contributed by atoms with Crippen molar-refractivity contribution in [1.82, 2.24) is 25.5 Å². The summed E-state index contributed by atoms with van der Waals surface area (Å²) in [4.78, 5) is 10.5. The highest BCUT2D eigenvalue weighted by Crippen LogP contribution is 2.29. The predicted molar refractivity (Wildman–Crippen MR) is 131 cm³/mol. The van der Waals surface area contributed by atoms with Crippen molar-refractivity contribution in [3.05, 3.63) is 66.0 Å². The van der Waals surface area contributed by atoms with Crippen molar-refractivity contribution in [2.24, 2.45) is 0 Å². The van der Waals surface area contributed by atoms with Crippen molar-refractivity contribution in [2.75, 3.05) is 13.2 Å². The molecule has 0 saturated heterocycles. The van der Waals surface area contributed by atoms with Crippen molar-refractivity contribution in [3.63, 3.8) is 0 Å². The van der Waals surface area contributed by atoms with Gasteiger partial charge in [0, 0.05) is 34.4 Å². The van der Waals surface area contributed by atoms with Crippen LogP contribution in [0.15, 0.2) is 64.0 Å². The van der Waals surface area contributed by atoms with Gasteiger partial charge < -0.3 is 14.8 Å². The highest BCUT2D eigenvalue weighted by atomic mass is 32.2. The molecule has 0 aliphatic heterocycles. The minimum atomic E-state index is 0.120. The molecule has 2 aromatic heterocycles. The van der Waals surface area contributed by atoms with E-state index in [-0.39, 0.29) is 6.61 Å². The zero-order valence-corrected chi connectivity index (χ0v) is 19.8. The number of aryl methyl sites for hydroxylation is 1. The van der Waals surface area contributed by atoms with Crippen LogP contribution >= 0.6 is 11.8 Å². The molecule has 33 heavy (non-hydrogen) atoms. The summed E-state index contributed by atoms with van der Waals surface area (Å²) in [5.74, 6) is 0.777. The molecule has 2 aromatic carbocycles. The van der Waals surface area contributed by atoms with Crippen LogP contribution in [-0.2, 0) is 6.54 Å². The van der Waals surface area contributed by atoms with E-state index in [1.54, 1.807) is 6.20 Å². The number of aromatic nitrogens is 4. The lowest BCUT2D eigenvalue weighted by Gasteiger charge is -2.07. The fourth-order valence-corrected chi connectivity index (χ4v) is 4.12. The van der Waals surface area contributed by atoms with E-state index in [0.717, 1.165) is 28.1 Å². The molecule has 0 aliphatic carbocycles. The molecule has 4 rings (SSSR count). The lowest BCUT2D eigenvalue weighted by molar-refractivity contribution is 0.292. The Hall–Kier alpha value is -3.07. The molecule has 0 fully saturated rings. The Morgan fingerprint density at radius 3 is 2.36 bits per heavy atom. The van der Waals surface area contributed by atoms with Gasteiger partial charge in [-0.2, -0.15) is 0 Å². The van der Waals surface area contributed by atoms with Gasteiger partial charge in [0.25, 0.3) is 5.89 Å². The maximum atomic E-state index is 8.87. The number of hydrogen-bond donors (Lipinski definition) is 2. The molecule has 0 bridgehead atoms. The molecule has 2 heterocycles. The molecule has 0 radical (unpaired) electrons. The SMILES string of the molecule is Cc1ncc(-c2ccc(SC(C)C)cc2)nc1-c1nnc(-c2ccc(CNCCO)cc2)o1. The first-order chi connectivity index (χ1) is 16.0. The quantitative estimate of drug-likeness (QED) is 0.272. The number of benzene rings is 2. The summed E-state index contributed by atoms with van der Waals surface area (Å²) in [6, 6.07) is 16.2. The Morgan fingerprint density at radius 1 is 0.970 bits per heavy atom. The third-order valence-corrected chi connectivity index (χ3v) is 5.94. The van der Waals surface area contributed by atoms with Crippen molar-refractivity contribution in [2.45, 2.75) is 37.5 Å². The molecule has 0 aliphatic rings.